The van der Waals surface area contributed by atoms with Crippen LogP contribution in [-0.4, -0.2) is 31.9 Å². The lowest BCUT2D eigenvalue weighted by atomic mass is 10.2. The van der Waals surface area contributed by atoms with E-state index in [0.717, 1.165) is 0 Å². The summed E-state index contributed by atoms with van der Waals surface area (Å²) in [6.45, 7) is 2.07. The third-order valence-electron chi connectivity index (χ3n) is 3.09. The van der Waals surface area contributed by atoms with Crippen molar-refractivity contribution < 1.29 is 17.9 Å². The number of ether oxygens (including phenoxy) is 1. The van der Waals surface area contributed by atoms with Gasteiger partial charge in [0.05, 0.1) is 17.1 Å². The van der Waals surface area contributed by atoms with Crippen LogP contribution in [0.1, 0.15) is 23.7 Å². The van der Waals surface area contributed by atoms with Crippen molar-refractivity contribution in [3.63, 3.8) is 0 Å². The summed E-state index contributed by atoms with van der Waals surface area (Å²) in [7, 11) is -3.60. The molecule has 0 radical (unpaired) electrons. The molecule has 0 aliphatic heterocycles. The van der Waals surface area contributed by atoms with Gasteiger partial charge in [0.25, 0.3) is 0 Å². The Labute approximate surface area is 133 Å². The molecule has 8 heteroatoms. The second-order valence-electron chi connectivity index (χ2n) is 4.79. The van der Waals surface area contributed by atoms with Crippen LogP contribution in [0.5, 0.6) is 0 Å². The molecule has 1 N–H and O–H groups in total. The van der Waals surface area contributed by atoms with Crippen molar-refractivity contribution in [2.75, 3.05) is 13.2 Å². The first-order valence-corrected chi connectivity index (χ1v) is 8.65. The Hall–Kier alpha value is -0.820. The Kier molecular flexibility index (Phi) is 4.82. The fourth-order valence-electron chi connectivity index (χ4n) is 1.77. The van der Waals surface area contributed by atoms with E-state index in [9.17, 15) is 13.2 Å². The normalized spacial score (nSPS) is 20.0. The summed E-state index contributed by atoms with van der Waals surface area (Å²) >= 11 is 11.7. The van der Waals surface area contributed by atoms with Crippen molar-refractivity contribution in [1.29, 1.82) is 0 Å². The van der Waals surface area contributed by atoms with Gasteiger partial charge in [-0.3, -0.25) is 0 Å². The van der Waals surface area contributed by atoms with Gasteiger partial charge in [0.2, 0.25) is 10.0 Å². The smallest absolute Gasteiger partial charge is 0.338 e. The predicted octanol–water partition coefficient (Wildman–Crippen LogP) is 2.34. The summed E-state index contributed by atoms with van der Waals surface area (Å²) in [5.74, 6) is -0.668. The van der Waals surface area contributed by atoms with Crippen LogP contribution in [0.4, 0.5) is 0 Å². The zero-order valence-electron chi connectivity index (χ0n) is 11.3. The van der Waals surface area contributed by atoms with Crippen molar-refractivity contribution in [2.24, 2.45) is 5.92 Å². The van der Waals surface area contributed by atoms with Gasteiger partial charge in [-0.25, -0.2) is 17.9 Å². The van der Waals surface area contributed by atoms with Crippen LogP contribution in [0.15, 0.2) is 29.2 Å². The molecule has 5 nitrogen and oxygen atoms in total. The highest BCUT2D eigenvalue weighted by Gasteiger charge is 2.52. The number of rotatable bonds is 6. The summed E-state index contributed by atoms with van der Waals surface area (Å²) in [6, 6.07) is 5.68. The predicted molar refractivity (Wildman–Crippen MR) is 80.1 cm³/mol. The van der Waals surface area contributed by atoms with Crippen LogP contribution in [0.25, 0.3) is 0 Å². The molecule has 1 aromatic carbocycles. The third-order valence-corrected chi connectivity index (χ3v) is 5.55. The number of carbonyl (C=O) groups excluding carboxylic acids is 1. The van der Waals surface area contributed by atoms with Crippen LogP contribution < -0.4 is 4.72 Å². The number of alkyl halides is 2. The summed E-state index contributed by atoms with van der Waals surface area (Å²) in [4.78, 5) is 11.9. The van der Waals surface area contributed by atoms with Crippen LogP contribution in [0, 0.1) is 5.92 Å². The minimum Gasteiger partial charge on any atom is -0.462 e. The topological polar surface area (TPSA) is 72.5 Å². The van der Waals surface area contributed by atoms with Crippen LogP contribution in [0.3, 0.4) is 0 Å². The highest BCUT2D eigenvalue weighted by molar-refractivity contribution is 7.89. The lowest BCUT2D eigenvalue weighted by Crippen LogP contribution is -2.23. The molecular formula is C13H15Cl2NO4S. The van der Waals surface area contributed by atoms with E-state index >= 15 is 0 Å². The number of hydrogen-bond donors (Lipinski definition) is 1. The highest BCUT2D eigenvalue weighted by atomic mass is 35.5. The quantitative estimate of drug-likeness (QED) is 0.630. The molecule has 1 saturated carbocycles. The van der Waals surface area contributed by atoms with Gasteiger partial charge in [0.15, 0.2) is 0 Å². The van der Waals surface area contributed by atoms with Crippen LogP contribution in [-0.2, 0) is 14.8 Å². The molecule has 1 atom stereocenters. The molecule has 1 aromatic rings. The van der Waals surface area contributed by atoms with E-state index in [2.05, 4.69) is 4.72 Å². The molecule has 0 heterocycles. The van der Waals surface area contributed by atoms with Crippen molar-refractivity contribution >= 4 is 39.2 Å². The second kappa shape index (κ2) is 6.12. The van der Waals surface area contributed by atoms with E-state index in [1.165, 1.54) is 24.3 Å². The van der Waals surface area contributed by atoms with Crippen molar-refractivity contribution in [3.05, 3.63) is 29.8 Å². The zero-order chi connectivity index (χ0) is 15.7. The zero-order valence-corrected chi connectivity index (χ0v) is 13.6. The molecule has 1 aliphatic rings. The molecule has 0 bridgehead atoms. The first-order chi connectivity index (χ1) is 9.76. The summed E-state index contributed by atoms with van der Waals surface area (Å²) in [5, 5.41) is 0. The summed E-state index contributed by atoms with van der Waals surface area (Å²) < 4.78 is 30.4. The molecule has 2 rings (SSSR count). The lowest BCUT2D eigenvalue weighted by molar-refractivity contribution is 0.0485. The first-order valence-electron chi connectivity index (χ1n) is 6.41. The molecule has 116 valence electrons. The molecule has 1 unspecified atom stereocenters. The largest absolute Gasteiger partial charge is 0.462 e. The number of hydrogen-bond acceptors (Lipinski definition) is 4. The second-order valence-corrected chi connectivity index (χ2v) is 8.10. The molecule has 0 spiro atoms. The number of benzene rings is 1. The van der Waals surface area contributed by atoms with Gasteiger partial charge in [-0.05, 0) is 24.6 Å². The lowest BCUT2D eigenvalue weighted by Gasteiger charge is -2.07. The maximum Gasteiger partial charge on any atom is 0.338 e. The van der Waals surface area contributed by atoms with E-state index in [1.54, 1.807) is 6.92 Å². The number of halogens is 2. The average Bonchev–Trinajstić information content (AvgIpc) is 3.04. The highest BCUT2D eigenvalue weighted by Crippen LogP contribution is 2.53. The third kappa shape index (κ3) is 4.10. The monoisotopic (exact) mass is 351 g/mol. The maximum atomic E-state index is 11.9. The average molecular weight is 352 g/mol. The fraction of sp³-hybridized carbons (Fsp3) is 0.462. The molecule has 1 fully saturated rings. The summed E-state index contributed by atoms with van der Waals surface area (Å²) in [5.41, 5.74) is 0.171. The van der Waals surface area contributed by atoms with Crippen LogP contribution in [0.2, 0.25) is 0 Å². The number of carbonyl (C=O) groups is 1. The molecule has 0 saturated heterocycles. The van der Waals surface area contributed by atoms with Gasteiger partial charge >= 0.3 is 5.97 Å². The van der Waals surface area contributed by atoms with E-state index in [-0.39, 0.29) is 29.5 Å². The summed E-state index contributed by atoms with van der Waals surface area (Å²) in [6.07, 6.45) is 0.582. The van der Waals surface area contributed by atoms with Crippen molar-refractivity contribution in [2.45, 2.75) is 22.6 Å². The standard InChI is InChI=1S/C13H15Cl2NO4S/c1-2-16-21(18,19)11-5-3-4-9(6-11)12(17)20-8-10-7-13(10,14)15/h3-6,10,16H,2,7-8H2,1H3. The van der Waals surface area contributed by atoms with Crippen molar-refractivity contribution in [1.82, 2.24) is 4.72 Å². The first kappa shape index (κ1) is 16.5. The van der Waals surface area contributed by atoms with Gasteiger partial charge < -0.3 is 4.74 Å². The Balaban J connectivity index is 2.05. The van der Waals surface area contributed by atoms with E-state index in [1.807, 2.05) is 0 Å². The van der Waals surface area contributed by atoms with E-state index < -0.39 is 20.3 Å². The molecule has 0 amide bonds. The molecule has 1 aliphatic carbocycles. The minimum absolute atomic E-state index is 0.0225. The number of esters is 1. The van der Waals surface area contributed by atoms with Crippen LogP contribution >= 0.6 is 23.2 Å². The van der Waals surface area contributed by atoms with Crippen molar-refractivity contribution in [3.8, 4) is 0 Å². The minimum atomic E-state index is -3.60. The number of sulfonamides is 1. The number of nitrogens with one attached hydrogen (secondary N) is 1. The molecular weight excluding hydrogens is 337 g/mol. The Morgan fingerprint density at radius 1 is 1.48 bits per heavy atom. The van der Waals surface area contributed by atoms with Gasteiger partial charge in [-0.1, -0.05) is 13.0 Å². The fourth-order valence-corrected chi connectivity index (χ4v) is 3.36. The van der Waals surface area contributed by atoms with Gasteiger partial charge in [0, 0.05) is 12.5 Å². The molecule has 21 heavy (non-hydrogen) atoms. The molecule has 0 aromatic heterocycles. The van der Waals surface area contributed by atoms with Gasteiger partial charge in [0.1, 0.15) is 4.33 Å². The maximum absolute atomic E-state index is 11.9. The Bertz CT molecular complexity index is 645. The van der Waals surface area contributed by atoms with Gasteiger partial charge in [-0.2, -0.15) is 0 Å². The van der Waals surface area contributed by atoms with Gasteiger partial charge in [-0.15, -0.1) is 23.2 Å². The Morgan fingerprint density at radius 3 is 2.71 bits per heavy atom. The van der Waals surface area contributed by atoms with E-state index in [4.69, 9.17) is 27.9 Å². The SMILES string of the molecule is CCNS(=O)(=O)c1cccc(C(=O)OCC2CC2(Cl)Cl)c1. The van der Waals surface area contributed by atoms with E-state index in [0.29, 0.717) is 6.42 Å². The Morgan fingerprint density at radius 2 is 2.14 bits per heavy atom.